The zero-order chi connectivity index (χ0) is 15.8. The van der Waals surface area contributed by atoms with E-state index in [0.29, 0.717) is 5.92 Å². The fourth-order valence-corrected chi connectivity index (χ4v) is 3.15. The molecule has 0 unspecified atom stereocenters. The van der Waals surface area contributed by atoms with Crippen molar-refractivity contribution >= 4 is 21.7 Å². The molecule has 0 atom stereocenters. The molecular weight excluding hydrogens is 278 g/mol. The topological polar surface area (TPSA) is 14.1 Å². The predicted octanol–water partition coefficient (Wildman–Crippen LogP) is 5.60. The second kappa shape index (κ2) is 5.51. The highest BCUT2D eigenvalue weighted by Crippen LogP contribution is 2.25. The van der Waals surface area contributed by atoms with Crippen LogP contribution in [0.2, 0.25) is 0 Å². The molecule has 0 aliphatic heterocycles. The van der Waals surface area contributed by atoms with Crippen LogP contribution in [0.4, 0.5) is 0 Å². The van der Waals surface area contributed by atoms with Crippen LogP contribution >= 0.6 is 0 Å². The third-order valence-electron chi connectivity index (χ3n) is 4.55. The minimum absolute atomic E-state index is 0.566. The summed E-state index contributed by atoms with van der Waals surface area (Å²) in [6.07, 6.45) is 0. The van der Waals surface area contributed by atoms with E-state index in [-0.39, 0.29) is 0 Å². The lowest BCUT2D eigenvalue weighted by molar-refractivity contribution is -0.330. The molecule has 0 radical (unpaired) electrons. The number of pyridine rings is 1. The molecule has 1 aromatic heterocycles. The zero-order valence-electron chi connectivity index (χ0n) is 13.5. The maximum Gasteiger partial charge on any atom is 0.211 e. The lowest BCUT2D eigenvalue weighted by Gasteiger charge is -2.05. The van der Waals surface area contributed by atoms with E-state index in [2.05, 4.69) is 91.6 Å². The van der Waals surface area contributed by atoms with Crippen LogP contribution < -0.4 is 4.98 Å². The number of fused-ring (bicyclic) bond motifs is 3. The van der Waals surface area contributed by atoms with E-state index in [0.717, 1.165) is 5.69 Å². The fourth-order valence-electron chi connectivity index (χ4n) is 3.15. The van der Waals surface area contributed by atoms with Gasteiger partial charge in [-0.15, -0.1) is 0 Å². The zero-order valence-corrected chi connectivity index (χ0v) is 13.5. The highest BCUT2D eigenvalue weighted by atomic mass is 14.7. The van der Waals surface area contributed by atoms with Gasteiger partial charge in [0.2, 0.25) is 11.2 Å². The summed E-state index contributed by atoms with van der Waals surface area (Å²) in [6.45, 7) is 4.45. The molecule has 0 saturated heterocycles. The van der Waals surface area contributed by atoms with Crippen molar-refractivity contribution < 1.29 is 4.98 Å². The third-order valence-corrected chi connectivity index (χ3v) is 4.55. The number of aromatic nitrogens is 1. The van der Waals surface area contributed by atoms with Gasteiger partial charge in [0, 0.05) is 17.7 Å². The summed E-state index contributed by atoms with van der Waals surface area (Å²) >= 11 is 0. The van der Waals surface area contributed by atoms with Gasteiger partial charge in [0.15, 0.2) is 0 Å². The molecule has 1 N–H and O–H groups in total. The molecule has 0 aliphatic carbocycles. The molecular formula is C22H20N+. The molecule has 4 rings (SSSR count). The Bertz CT molecular complexity index is 982. The molecule has 112 valence electrons. The van der Waals surface area contributed by atoms with Crippen LogP contribution in [0.5, 0.6) is 0 Å². The molecule has 3 aromatic carbocycles. The quantitative estimate of drug-likeness (QED) is 0.428. The standard InChI is InChI=1S/C22H19N/c1-15(2)16-7-9-18(10-8-16)21-14-12-20-19-6-4-3-5-17(19)11-13-22(20)23-21/h3-15H,1-2H3/p+1. The van der Waals surface area contributed by atoms with E-state index in [1.807, 2.05) is 0 Å². The van der Waals surface area contributed by atoms with Gasteiger partial charge in [-0.3, -0.25) is 0 Å². The molecule has 0 aliphatic rings. The second-order valence-electron chi connectivity index (χ2n) is 6.40. The van der Waals surface area contributed by atoms with Crippen molar-refractivity contribution in [2.75, 3.05) is 0 Å². The first-order valence-electron chi connectivity index (χ1n) is 8.16. The highest BCUT2D eigenvalue weighted by Gasteiger charge is 2.10. The third kappa shape index (κ3) is 2.49. The normalized spacial score (nSPS) is 11.4. The van der Waals surface area contributed by atoms with Crippen LogP contribution in [0.3, 0.4) is 0 Å². The molecule has 0 saturated carbocycles. The summed E-state index contributed by atoms with van der Waals surface area (Å²) in [6, 6.07) is 26.1. The summed E-state index contributed by atoms with van der Waals surface area (Å²) in [5.41, 5.74) is 4.93. The van der Waals surface area contributed by atoms with Crippen LogP contribution in [0.15, 0.2) is 72.8 Å². The Hall–Kier alpha value is -2.67. The van der Waals surface area contributed by atoms with E-state index >= 15 is 0 Å². The van der Waals surface area contributed by atoms with E-state index in [4.69, 9.17) is 0 Å². The van der Waals surface area contributed by atoms with Crippen molar-refractivity contribution in [2.45, 2.75) is 19.8 Å². The van der Waals surface area contributed by atoms with E-state index in [9.17, 15) is 0 Å². The minimum Gasteiger partial charge on any atom is -0.204 e. The first-order valence-corrected chi connectivity index (χ1v) is 8.16. The predicted molar refractivity (Wildman–Crippen MR) is 97.5 cm³/mol. The molecule has 23 heavy (non-hydrogen) atoms. The Morgan fingerprint density at radius 1 is 0.696 bits per heavy atom. The summed E-state index contributed by atoms with van der Waals surface area (Å²) in [5, 5.41) is 3.84. The van der Waals surface area contributed by atoms with Crippen molar-refractivity contribution in [3.05, 3.63) is 78.4 Å². The number of nitrogens with one attached hydrogen (secondary N) is 1. The molecule has 0 amide bonds. The molecule has 1 nitrogen and oxygen atoms in total. The van der Waals surface area contributed by atoms with Crippen molar-refractivity contribution in [3.63, 3.8) is 0 Å². The monoisotopic (exact) mass is 298 g/mol. The van der Waals surface area contributed by atoms with Crippen molar-refractivity contribution in [2.24, 2.45) is 0 Å². The van der Waals surface area contributed by atoms with Gasteiger partial charge >= 0.3 is 0 Å². The average molecular weight is 298 g/mol. The van der Waals surface area contributed by atoms with Crippen molar-refractivity contribution in [3.8, 4) is 11.3 Å². The summed E-state index contributed by atoms with van der Waals surface area (Å²) in [5.74, 6) is 0.566. The van der Waals surface area contributed by atoms with Gasteiger partial charge in [0.05, 0.1) is 5.39 Å². The van der Waals surface area contributed by atoms with Crippen molar-refractivity contribution in [1.29, 1.82) is 0 Å². The summed E-state index contributed by atoms with van der Waals surface area (Å²) in [4.78, 5) is 3.58. The van der Waals surface area contributed by atoms with Crippen LogP contribution in [-0.2, 0) is 0 Å². The summed E-state index contributed by atoms with van der Waals surface area (Å²) < 4.78 is 0. The molecule has 0 fully saturated rings. The Morgan fingerprint density at radius 2 is 1.48 bits per heavy atom. The number of benzene rings is 3. The molecule has 0 bridgehead atoms. The number of H-pyrrole nitrogens is 1. The van der Waals surface area contributed by atoms with E-state index in [1.54, 1.807) is 0 Å². The number of hydrogen-bond donors (Lipinski definition) is 0. The maximum absolute atomic E-state index is 3.58. The molecule has 4 aromatic rings. The molecule has 1 heterocycles. The van der Waals surface area contributed by atoms with Gasteiger partial charge < -0.3 is 0 Å². The Balaban J connectivity index is 1.84. The lowest BCUT2D eigenvalue weighted by Crippen LogP contribution is -2.08. The molecule has 1 heteroatoms. The smallest absolute Gasteiger partial charge is 0.204 e. The summed E-state index contributed by atoms with van der Waals surface area (Å²) in [7, 11) is 0. The van der Waals surface area contributed by atoms with Crippen LogP contribution in [0.25, 0.3) is 32.9 Å². The minimum atomic E-state index is 0.566. The first-order chi connectivity index (χ1) is 11.2. The SMILES string of the molecule is CC(C)c1ccc(-c2ccc3c(ccc4ccccc43)[nH+]2)cc1. The fraction of sp³-hybridized carbons (Fsp3) is 0.136. The van der Waals surface area contributed by atoms with Crippen LogP contribution in [-0.4, -0.2) is 0 Å². The second-order valence-corrected chi connectivity index (χ2v) is 6.40. The maximum atomic E-state index is 3.58. The van der Waals surface area contributed by atoms with E-state index < -0.39 is 0 Å². The van der Waals surface area contributed by atoms with E-state index in [1.165, 1.54) is 32.8 Å². The lowest BCUT2D eigenvalue weighted by atomic mass is 10.00. The Labute approximate surface area is 136 Å². The Kier molecular flexibility index (Phi) is 3.34. The van der Waals surface area contributed by atoms with Crippen LogP contribution in [0, 0.1) is 0 Å². The number of aromatic amines is 1. The van der Waals surface area contributed by atoms with Gasteiger partial charge in [-0.25, -0.2) is 4.98 Å². The molecule has 0 spiro atoms. The van der Waals surface area contributed by atoms with Gasteiger partial charge in [-0.1, -0.05) is 50.2 Å². The largest absolute Gasteiger partial charge is 0.211 e. The van der Waals surface area contributed by atoms with Crippen molar-refractivity contribution in [1.82, 2.24) is 0 Å². The van der Waals surface area contributed by atoms with Gasteiger partial charge in [0.25, 0.3) is 0 Å². The van der Waals surface area contributed by atoms with Crippen LogP contribution in [0.1, 0.15) is 25.3 Å². The number of rotatable bonds is 2. The van der Waals surface area contributed by atoms with Gasteiger partial charge in [-0.05, 0) is 46.5 Å². The van der Waals surface area contributed by atoms with Gasteiger partial charge in [-0.2, -0.15) is 0 Å². The number of hydrogen-bond acceptors (Lipinski definition) is 0. The van der Waals surface area contributed by atoms with Gasteiger partial charge in [0.1, 0.15) is 0 Å². The highest BCUT2D eigenvalue weighted by molar-refractivity contribution is 6.05. The average Bonchev–Trinajstić information content (AvgIpc) is 2.61. The Morgan fingerprint density at radius 3 is 2.26 bits per heavy atom. The first kappa shape index (κ1) is 14.0.